The average Bonchev–Trinajstić information content (AvgIpc) is 2.88. The Morgan fingerprint density at radius 3 is 2.65 bits per heavy atom. The lowest BCUT2D eigenvalue weighted by molar-refractivity contribution is -0.138. The lowest BCUT2D eigenvalue weighted by Crippen LogP contribution is -2.50. The van der Waals surface area contributed by atoms with Crippen molar-refractivity contribution in [3.05, 3.63) is 28.8 Å². The Bertz CT molecular complexity index is 678. The number of amides is 1. The van der Waals surface area contributed by atoms with Crippen LogP contribution in [0.4, 0.5) is 0 Å². The molecule has 0 spiro atoms. The zero-order chi connectivity index (χ0) is 19.5. The molecule has 2 N–H and O–H groups in total. The number of benzene rings is 1. The molecule has 0 bridgehead atoms. The number of hydrogen-bond acceptors (Lipinski definition) is 4. The molecule has 7 heteroatoms. The van der Waals surface area contributed by atoms with Crippen LogP contribution in [0.3, 0.4) is 0 Å². The molecule has 0 aliphatic carbocycles. The van der Waals surface area contributed by atoms with E-state index in [-0.39, 0.29) is 24.4 Å². The van der Waals surface area contributed by atoms with Gasteiger partial charge in [0.05, 0.1) is 11.4 Å². The normalized spacial score (nSPS) is 20.8. The average molecular weight is 383 g/mol. The van der Waals surface area contributed by atoms with Crippen LogP contribution in [0.1, 0.15) is 38.7 Å². The number of hydrogen-bond donors (Lipinski definition) is 2. The third-order valence-electron chi connectivity index (χ3n) is 4.89. The summed E-state index contributed by atoms with van der Waals surface area (Å²) in [5, 5.41) is 12.4. The summed E-state index contributed by atoms with van der Waals surface area (Å²) < 4.78 is 5.86. The fourth-order valence-corrected chi connectivity index (χ4v) is 3.37. The molecule has 2 atom stereocenters. The van der Waals surface area contributed by atoms with Crippen LogP contribution in [0.2, 0.25) is 5.02 Å². The van der Waals surface area contributed by atoms with Crippen molar-refractivity contribution in [2.45, 2.75) is 57.7 Å². The van der Waals surface area contributed by atoms with Crippen LogP contribution < -0.4 is 10.1 Å². The first-order valence-corrected chi connectivity index (χ1v) is 9.15. The van der Waals surface area contributed by atoms with Gasteiger partial charge in [0, 0.05) is 18.6 Å². The number of halogens is 1. The molecular formula is C19H27ClN2O4. The van der Waals surface area contributed by atoms with Crippen molar-refractivity contribution < 1.29 is 19.4 Å². The van der Waals surface area contributed by atoms with Gasteiger partial charge in [-0.2, -0.15) is 0 Å². The molecule has 1 aromatic carbocycles. The van der Waals surface area contributed by atoms with E-state index in [2.05, 4.69) is 5.32 Å². The zero-order valence-electron chi connectivity index (χ0n) is 15.7. The Labute approximate surface area is 159 Å². The van der Waals surface area contributed by atoms with Gasteiger partial charge in [0.2, 0.25) is 0 Å². The summed E-state index contributed by atoms with van der Waals surface area (Å²) in [6.07, 6.45) is 1.81. The van der Waals surface area contributed by atoms with Gasteiger partial charge in [-0.15, -0.1) is 0 Å². The van der Waals surface area contributed by atoms with Crippen molar-refractivity contribution in [2.75, 3.05) is 13.6 Å². The summed E-state index contributed by atoms with van der Waals surface area (Å²) in [7, 11) is 1.91. The van der Waals surface area contributed by atoms with Crippen LogP contribution in [0.15, 0.2) is 18.2 Å². The Morgan fingerprint density at radius 2 is 2.00 bits per heavy atom. The standard InChI is InChI=1S/C19H27ClN2O4/c1-12-5-8-15(20)16(9-12)26-19(2,3)18(25)21-11-14-7-6-13(22(14)4)10-17(23)24/h5,8-9,13-14H,6-7,10-11H2,1-4H3,(H,21,25)(H,23,24)/t13-,14+/m1/s1. The fourth-order valence-electron chi connectivity index (χ4n) is 3.22. The minimum absolute atomic E-state index is 0.0183. The molecule has 26 heavy (non-hydrogen) atoms. The maximum atomic E-state index is 12.6. The maximum Gasteiger partial charge on any atom is 0.304 e. The summed E-state index contributed by atoms with van der Waals surface area (Å²) in [5.41, 5.74) is -0.0765. The minimum atomic E-state index is -1.07. The first kappa shape index (κ1) is 20.5. The summed E-state index contributed by atoms with van der Waals surface area (Å²) in [6, 6.07) is 5.58. The maximum absolute atomic E-state index is 12.6. The van der Waals surface area contributed by atoms with E-state index in [4.69, 9.17) is 21.4 Å². The van der Waals surface area contributed by atoms with Crippen LogP contribution in [0, 0.1) is 6.92 Å². The second-order valence-corrected chi connectivity index (χ2v) is 7.81. The molecule has 144 valence electrons. The third kappa shape index (κ3) is 5.11. The van der Waals surface area contributed by atoms with Crippen LogP contribution in [0.5, 0.6) is 5.75 Å². The first-order valence-electron chi connectivity index (χ1n) is 8.77. The first-order chi connectivity index (χ1) is 12.1. The number of nitrogens with zero attached hydrogens (tertiary/aromatic N) is 1. The highest BCUT2D eigenvalue weighted by molar-refractivity contribution is 6.32. The molecule has 1 heterocycles. The number of aryl methyl sites for hydroxylation is 1. The van der Waals surface area contributed by atoms with Crippen molar-refractivity contribution in [3.63, 3.8) is 0 Å². The zero-order valence-corrected chi connectivity index (χ0v) is 16.5. The van der Waals surface area contributed by atoms with Gasteiger partial charge in [0.15, 0.2) is 5.60 Å². The van der Waals surface area contributed by atoms with E-state index in [9.17, 15) is 9.59 Å². The number of carboxylic acids is 1. The fraction of sp³-hybridized carbons (Fsp3) is 0.579. The van der Waals surface area contributed by atoms with E-state index < -0.39 is 11.6 Å². The summed E-state index contributed by atoms with van der Waals surface area (Å²) >= 11 is 6.15. The molecule has 1 fully saturated rings. The lowest BCUT2D eigenvalue weighted by Gasteiger charge is -2.29. The Balaban J connectivity index is 1.92. The van der Waals surface area contributed by atoms with E-state index in [1.807, 2.05) is 24.9 Å². The van der Waals surface area contributed by atoms with Crippen LogP contribution >= 0.6 is 11.6 Å². The molecule has 1 amide bonds. The smallest absolute Gasteiger partial charge is 0.304 e. The molecule has 0 radical (unpaired) electrons. The molecule has 1 saturated heterocycles. The number of likely N-dealkylation sites (tertiary alicyclic amines) is 1. The number of carbonyl (C=O) groups is 2. The monoisotopic (exact) mass is 382 g/mol. The minimum Gasteiger partial charge on any atom is -0.481 e. The van der Waals surface area contributed by atoms with Gasteiger partial charge in [-0.25, -0.2) is 0 Å². The SMILES string of the molecule is Cc1ccc(Cl)c(OC(C)(C)C(=O)NC[C@@H]2CC[C@H](CC(=O)O)N2C)c1. The topological polar surface area (TPSA) is 78.9 Å². The van der Waals surface area contributed by atoms with Crippen LogP contribution in [-0.4, -0.2) is 53.2 Å². The van der Waals surface area contributed by atoms with Crippen molar-refractivity contribution in [1.82, 2.24) is 10.2 Å². The van der Waals surface area contributed by atoms with E-state index >= 15 is 0 Å². The number of rotatable bonds is 7. The second kappa shape index (κ2) is 8.27. The number of aliphatic carboxylic acids is 1. The van der Waals surface area contributed by atoms with Crippen molar-refractivity contribution in [2.24, 2.45) is 0 Å². The molecule has 2 rings (SSSR count). The van der Waals surface area contributed by atoms with Crippen molar-refractivity contribution >= 4 is 23.5 Å². The van der Waals surface area contributed by atoms with Crippen LogP contribution in [0.25, 0.3) is 0 Å². The Hall–Kier alpha value is -1.79. The molecular weight excluding hydrogens is 356 g/mol. The molecule has 0 aromatic heterocycles. The van der Waals surface area contributed by atoms with Gasteiger partial charge in [-0.3, -0.25) is 14.5 Å². The van der Waals surface area contributed by atoms with Gasteiger partial charge in [0.1, 0.15) is 5.75 Å². The number of ether oxygens (including phenoxy) is 1. The number of likely N-dealkylation sites (N-methyl/N-ethyl adjacent to an activating group) is 1. The summed E-state index contributed by atoms with van der Waals surface area (Å²) in [6.45, 7) is 5.79. The number of carbonyl (C=O) groups excluding carboxylic acids is 1. The van der Waals surface area contributed by atoms with Gasteiger partial charge in [-0.05, 0) is 58.4 Å². The second-order valence-electron chi connectivity index (χ2n) is 7.40. The highest BCUT2D eigenvalue weighted by Crippen LogP contribution is 2.29. The van der Waals surface area contributed by atoms with E-state index in [1.54, 1.807) is 26.0 Å². The van der Waals surface area contributed by atoms with Gasteiger partial charge < -0.3 is 15.2 Å². The van der Waals surface area contributed by atoms with Crippen molar-refractivity contribution in [3.8, 4) is 5.75 Å². The molecule has 0 saturated carbocycles. The molecule has 0 unspecified atom stereocenters. The predicted molar refractivity (Wildman–Crippen MR) is 101 cm³/mol. The van der Waals surface area contributed by atoms with Gasteiger partial charge in [0.25, 0.3) is 5.91 Å². The van der Waals surface area contributed by atoms with E-state index in [0.717, 1.165) is 18.4 Å². The molecule has 1 aliphatic rings. The largest absolute Gasteiger partial charge is 0.481 e. The van der Waals surface area contributed by atoms with E-state index in [1.165, 1.54) is 0 Å². The van der Waals surface area contributed by atoms with Crippen molar-refractivity contribution in [1.29, 1.82) is 0 Å². The van der Waals surface area contributed by atoms with Gasteiger partial charge >= 0.3 is 5.97 Å². The Kier molecular flexibility index (Phi) is 6.53. The quantitative estimate of drug-likeness (QED) is 0.758. The highest BCUT2D eigenvalue weighted by atomic mass is 35.5. The third-order valence-corrected chi connectivity index (χ3v) is 5.20. The summed E-state index contributed by atoms with van der Waals surface area (Å²) in [4.78, 5) is 25.5. The van der Waals surface area contributed by atoms with Gasteiger partial charge in [-0.1, -0.05) is 17.7 Å². The molecule has 6 nitrogen and oxygen atoms in total. The number of nitrogens with one attached hydrogen (secondary N) is 1. The highest BCUT2D eigenvalue weighted by Gasteiger charge is 2.34. The molecule has 1 aliphatic heterocycles. The number of carboxylic acid groups (broad SMARTS) is 1. The molecule has 1 aromatic rings. The lowest BCUT2D eigenvalue weighted by atomic mass is 10.1. The summed E-state index contributed by atoms with van der Waals surface area (Å²) in [5.74, 6) is -0.549. The Morgan fingerprint density at radius 1 is 1.35 bits per heavy atom. The van der Waals surface area contributed by atoms with Crippen LogP contribution in [-0.2, 0) is 9.59 Å². The van der Waals surface area contributed by atoms with E-state index in [0.29, 0.717) is 17.3 Å². The predicted octanol–water partition coefficient (Wildman–Crippen LogP) is 2.86.